The zero-order chi connectivity index (χ0) is 14.5. The number of anilines is 2. The third-order valence-corrected chi connectivity index (χ3v) is 3.56. The van der Waals surface area contributed by atoms with Gasteiger partial charge in [0, 0.05) is 22.7 Å². The molecule has 1 aromatic heterocycles. The lowest BCUT2D eigenvalue weighted by Gasteiger charge is -2.14. The van der Waals surface area contributed by atoms with Crippen molar-refractivity contribution in [2.45, 2.75) is 26.8 Å². The van der Waals surface area contributed by atoms with Crippen molar-refractivity contribution in [3.05, 3.63) is 40.8 Å². The number of thiazole rings is 1. The molecule has 2 N–H and O–H groups in total. The van der Waals surface area contributed by atoms with Crippen LogP contribution in [0.5, 0.6) is 0 Å². The smallest absolute Gasteiger partial charge is 0.226 e. The molecule has 0 saturated carbocycles. The highest BCUT2D eigenvalue weighted by Crippen LogP contribution is 2.20. The standard InChI is InChI=1S/C15H19N3OS/c1-10(2)15(19)18-13-6-4-12(5-7-13)17-11(3)14-8-20-9-16-14/h4-11,17H,1-3H3,(H,18,19). The van der Waals surface area contributed by atoms with Crippen LogP contribution in [0.4, 0.5) is 11.4 Å². The van der Waals surface area contributed by atoms with E-state index in [2.05, 4.69) is 22.5 Å². The fourth-order valence-electron chi connectivity index (χ4n) is 1.70. The first-order chi connectivity index (χ1) is 9.56. The molecule has 106 valence electrons. The summed E-state index contributed by atoms with van der Waals surface area (Å²) in [4.78, 5) is 15.9. The van der Waals surface area contributed by atoms with E-state index in [9.17, 15) is 4.79 Å². The Morgan fingerprint density at radius 2 is 1.80 bits per heavy atom. The van der Waals surface area contributed by atoms with Gasteiger partial charge < -0.3 is 10.6 Å². The van der Waals surface area contributed by atoms with Gasteiger partial charge in [-0.1, -0.05) is 13.8 Å². The number of hydrogen-bond donors (Lipinski definition) is 2. The summed E-state index contributed by atoms with van der Waals surface area (Å²) in [5, 5.41) is 8.29. The Balaban J connectivity index is 1.96. The molecule has 0 saturated heterocycles. The lowest BCUT2D eigenvalue weighted by atomic mass is 10.2. The van der Waals surface area contributed by atoms with Crippen molar-refractivity contribution in [1.82, 2.24) is 4.98 Å². The molecule has 2 rings (SSSR count). The maximum atomic E-state index is 11.6. The molecule has 0 fully saturated rings. The minimum Gasteiger partial charge on any atom is -0.377 e. The predicted molar refractivity (Wildman–Crippen MR) is 84.1 cm³/mol. The first-order valence-electron chi connectivity index (χ1n) is 6.62. The van der Waals surface area contributed by atoms with Gasteiger partial charge in [0.15, 0.2) is 0 Å². The third kappa shape index (κ3) is 3.81. The molecule has 1 aromatic carbocycles. The van der Waals surface area contributed by atoms with Crippen molar-refractivity contribution >= 4 is 28.6 Å². The number of rotatable bonds is 5. The molecule has 4 nitrogen and oxygen atoms in total. The Morgan fingerprint density at radius 3 is 2.35 bits per heavy atom. The fraction of sp³-hybridized carbons (Fsp3) is 0.333. The summed E-state index contributed by atoms with van der Waals surface area (Å²) >= 11 is 1.59. The minimum atomic E-state index is -0.0162. The van der Waals surface area contributed by atoms with Crippen LogP contribution in [0.25, 0.3) is 0 Å². The third-order valence-electron chi connectivity index (χ3n) is 2.96. The van der Waals surface area contributed by atoms with E-state index in [0.717, 1.165) is 17.1 Å². The summed E-state index contributed by atoms with van der Waals surface area (Å²) in [6, 6.07) is 7.88. The number of nitrogens with one attached hydrogen (secondary N) is 2. The van der Waals surface area contributed by atoms with E-state index in [-0.39, 0.29) is 17.9 Å². The second kappa shape index (κ2) is 6.52. The fourth-order valence-corrected chi connectivity index (χ4v) is 2.34. The molecule has 1 unspecified atom stereocenters. The predicted octanol–water partition coefficient (Wildman–Crippen LogP) is 3.91. The highest BCUT2D eigenvalue weighted by atomic mass is 32.1. The molecule has 0 bridgehead atoms. The highest BCUT2D eigenvalue weighted by molar-refractivity contribution is 7.07. The van der Waals surface area contributed by atoms with Crippen molar-refractivity contribution in [3.63, 3.8) is 0 Å². The van der Waals surface area contributed by atoms with Crippen LogP contribution < -0.4 is 10.6 Å². The largest absolute Gasteiger partial charge is 0.377 e. The normalized spacial score (nSPS) is 12.2. The molecular weight excluding hydrogens is 270 g/mol. The van der Waals surface area contributed by atoms with E-state index in [1.165, 1.54) is 0 Å². The van der Waals surface area contributed by atoms with Crippen molar-refractivity contribution in [2.75, 3.05) is 10.6 Å². The Hall–Kier alpha value is -1.88. The molecule has 0 aliphatic heterocycles. The highest BCUT2D eigenvalue weighted by Gasteiger charge is 2.08. The first-order valence-corrected chi connectivity index (χ1v) is 7.56. The summed E-state index contributed by atoms with van der Waals surface area (Å²) in [6.45, 7) is 5.82. The van der Waals surface area contributed by atoms with Gasteiger partial charge in [0.1, 0.15) is 0 Å². The van der Waals surface area contributed by atoms with Gasteiger partial charge in [-0.05, 0) is 31.2 Å². The zero-order valence-corrected chi connectivity index (χ0v) is 12.7. The topological polar surface area (TPSA) is 54.0 Å². The molecule has 1 heterocycles. The Morgan fingerprint density at radius 1 is 1.15 bits per heavy atom. The second-order valence-corrected chi connectivity index (χ2v) is 5.72. The Labute approximate surface area is 123 Å². The molecule has 0 aliphatic rings. The van der Waals surface area contributed by atoms with Gasteiger partial charge in [0.25, 0.3) is 0 Å². The summed E-state index contributed by atoms with van der Waals surface area (Å²) in [6.07, 6.45) is 0. The lowest BCUT2D eigenvalue weighted by Crippen LogP contribution is -2.17. The summed E-state index contributed by atoms with van der Waals surface area (Å²) < 4.78 is 0. The van der Waals surface area contributed by atoms with Crippen molar-refractivity contribution < 1.29 is 4.79 Å². The number of benzene rings is 1. The van der Waals surface area contributed by atoms with E-state index >= 15 is 0 Å². The van der Waals surface area contributed by atoms with Gasteiger partial charge in [0.05, 0.1) is 17.2 Å². The van der Waals surface area contributed by atoms with Crippen LogP contribution in [-0.2, 0) is 4.79 Å². The second-order valence-electron chi connectivity index (χ2n) is 5.00. The van der Waals surface area contributed by atoms with E-state index in [0.29, 0.717) is 0 Å². The number of amides is 1. The van der Waals surface area contributed by atoms with E-state index in [1.54, 1.807) is 11.3 Å². The van der Waals surface area contributed by atoms with Gasteiger partial charge in [-0.15, -0.1) is 11.3 Å². The van der Waals surface area contributed by atoms with Crippen LogP contribution in [-0.4, -0.2) is 10.9 Å². The molecule has 1 amide bonds. The van der Waals surface area contributed by atoms with Crippen LogP contribution in [0, 0.1) is 5.92 Å². The Kier molecular flexibility index (Phi) is 4.74. The average molecular weight is 289 g/mol. The molecule has 1 atom stereocenters. The van der Waals surface area contributed by atoms with Crippen molar-refractivity contribution in [1.29, 1.82) is 0 Å². The molecule has 2 aromatic rings. The van der Waals surface area contributed by atoms with Crippen LogP contribution in [0.2, 0.25) is 0 Å². The number of hydrogen-bond acceptors (Lipinski definition) is 4. The van der Waals surface area contributed by atoms with Crippen molar-refractivity contribution in [2.24, 2.45) is 5.92 Å². The van der Waals surface area contributed by atoms with Crippen LogP contribution in [0.15, 0.2) is 35.2 Å². The SMILES string of the molecule is CC(C)C(=O)Nc1ccc(NC(C)c2cscn2)cc1. The first kappa shape index (κ1) is 14.5. The van der Waals surface area contributed by atoms with E-state index in [1.807, 2.05) is 49.0 Å². The maximum Gasteiger partial charge on any atom is 0.226 e. The van der Waals surface area contributed by atoms with Crippen LogP contribution in [0.1, 0.15) is 32.5 Å². The summed E-state index contributed by atoms with van der Waals surface area (Å²) in [5.74, 6) is 0.0130. The lowest BCUT2D eigenvalue weighted by molar-refractivity contribution is -0.118. The van der Waals surface area contributed by atoms with Gasteiger partial charge in [-0.2, -0.15) is 0 Å². The molecule has 5 heteroatoms. The van der Waals surface area contributed by atoms with Crippen LogP contribution >= 0.6 is 11.3 Å². The maximum absolute atomic E-state index is 11.6. The quantitative estimate of drug-likeness (QED) is 0.877. The zero-order valence-electron chi connectivity index (χ0n) is 11.9. The molecule has 0 radical (unpaired) electrons. The molecule has 0 spiro atoms. The van der Waals surface area contributed by atoms with Gasteiger partial charge >= 0.3 is 0 Å². The van der Waals surface area contributed by atoms with Gasteiger partial charge in [0.2, 0.25) is 5.91 Å². The molecular formula is C15H19N3OS. The van der Waals surface area contributed by atoms with Crippen molar-refractivity contribution in [3.8, 4) is 0 Å². The summed E-state index contributed by atoms with van der Waals surface area (Å²) in [5.41, 5.74) is 4.69. The van der Waals surface area contributed by atoms with E-state index in [4.69, 9.17) is 0 Å². The van der Waals surface area contributed by atoms with Crippen LogP contribution in [0.3, 0.4) is 0 Å². The van der Waals surface area contributed by atoms with Gasteiger partial charge in [-0.3, -0.25) is 4.79 Å². The number of carbonyl (C=O) groups is 1. The summed E-state index contributed by atoms with van der Waals surface area (Å²) in [7, 11) is 0. The monoisotopic (exact) mass is 289 g/mol. The number of aromatic nitrogens is 1. The average Bonchev–Trinajstić information content (AvgIpc) is 2.95. The number of carbonyl (C=O) groups excluding carboxylic acids is 1. The minimum absolute atomic E-state index is 0.0162. The molecule has 0 aliphatic carbocycles. The molecule has 20 heavy (non-hydrogen) atoms. The van der Waals surface area contributed by atoms with Gasteiger partial charge in [-0.25, -0.2) is 4.98 Å². The number of nitrogens with zero attached hydrogens (tertiary/aromatic N) is 1. The Bertz CT molecular complexity index is 549. The van der Waals surface area contributed by atoms with E-state index < -0.39 is 0 Å².